The van der Waals surface area contributed by atoms with E-state index in [1.807, 2.05) is 0 Å². The highest BCUT2D eigenvalue weighted by molar-refractivity contribution is 6.44. The number of hydrogen-bond donors (Lipinski definition) is 1. The fourth-order valence-electron chi connectivity index (χ4n) is 2.08. The third kappa shape index (κ3) is 4.40. The maximum Gasteiger partial charge on any atom is 0.0653 e. The van der Waals surface area contributed by atoms with Crippen molar-refractivity contribution in [2.24, 2.45) is 0 Å². The molecule has 106 valence electrons. The highest BCUT2D eigenvalue weighted by Crippen LogP contribution is 2.32. The van der Waals surface area contributed by atoms with E-state index in [9.17, 15) is 0 Å². The van der Waals surface area contributed by atoms with Gasteiger partial charge in [-0.2, -0.15) is 0 Å². The summed E-state index contributed by atoms with van der Waals surface area (Å²) in [6.07, 6.45) is 0. The van der Waals surface area contributed by atoms with Gasteiger partial charge in [0.1, 0.15) is 0 Å². The molecule has 0 aromatic heterocycles. The lowest BCUT2D eigenvalue weighted by Gasteiger charge is -2.32. The van der Waals surface area contributed by atoms with Crippen LogP contribution in [0.15, 0.2) is 12.1 Å². The molecule has 1 aliphatic heterocycles. The summed E-state index contributed by atoms with van der Waals surface area (Å²) in [7, 11) is 2.16. The molecule has 1 aromatic carbocycles. The molecule has 0 atom stereocenters. The fourth-order valence-corrected chi connectivity index (χ4v) is 2.69. The van der Waals surface area contributed by atoms with E-state index in [0.717, 1.165) is 45.0 Å². The molecule has 1 aromatic rings. The van der Waals surface area contributed by atoms with Gasteiger partial charge in [0.05, 0.1) is 20.8 Å². The Labute approximate surface area is 129 Å². The summed E-state index contributed by atoms with van der Waals surface area (Å²) >= 11 is 18.0. The number of rotatable bonds is 4. The van der Waals surface area contributed by atoms with E-state index in [1.165, 1.54) is 0 Å². The molecular formula is C13H18Cl3N3. The molecule has 0 aliphatic carbocycles. The van der Waals surface area contributed by atoms with Crippen molar-refractivity contribution in [1.82, 2.24) is 9.80 Å². The van der Waals surface area contributed by atoms with E-state index < -0.39 is 0 Å². The number of halogens is 3. The quantitative estimate of drug-likeness (QED) is 0.858. The van der Waals surface area contributed by atoms with Gasteiger partial charge in [-0.15, -0.1) is 0 Å². The Morgan fingerprint density at radius 2 is 1.63 bits per heavy atom. The maximum atomic E-state index is 6.12. The molecule has 1 heterocycles. The van der Waals surface area contributed by atoms with Crippen LogP contribution in [0.3, 0.4) is 0 Å². The van der Waals surface area contributed by atoms with Crippen molar-refractivity contribution < 1.29 is 0 Å². The van der Waals surface area contributed by atoms with Crippen molar-refractivity contribution >= 4 is 40.5 Å². The van der Waals surface area contributed by atoms with E-state index >= 15 is 0 Å². The second-order valence-electron chi connectivity index (χ2n) is 4.82. The number of anilines is 1. The average Bonchev–Trinajstić information content (AvgIpc) is 2.38. The van der Waals surface area contributed by atoms with Crippen LogP contribution in [0.2, 0.25) is 15.1 Å². The molecule has 0 saturated carbocycles. The van der Waals surface area contributed by atoms with Crippen LogP contribution in [-0.2, 0) is 0 Å². The number of nitrogens with zero attached hydrogens (tertiary/aromatic N) is 2. The monoisotopic (exact) mass is 321 g/mol. The molecule has 0 bridgehead atoms. The van der Waals surface area contributed by atoms with Crippen molar-refractivity contribution in [3.05, 3.63) is 27.2 Å². The standard InChI is InChI=1S/C13H18Cl3N3/c1-18-4-6-19(7-5-18)3-2-17-13-9-11(15)10(14)8-12(13)16/h8-9,17H,2-7H2,1H3. The maximum absolute atomic E-state index is 6.12. The first-order chi connectivity index (χ1) is 9.06. The molecule has 0 unspecified atom stereocenters. The van der Waals surface area contributed by atoms with Crippen molar-refractivity contribution in [3.63, 3.8) is 0 Å². The van der Waals surface area contributed by atoms with Crippen LogP contribution in [-0.4, -0.2) is 56.1 Å². The topological polar surface area (TPSA) is 18.5 Å². The van der Waals surface area contributed by atoms with E-state index in [-0.39, 0.29) is 0 Å². The van der Waals surface area contributed by atoms with Crippen molar-refractivity contribution in [3.8, 4) is 0 Å². The molecule has 0 spiro atoms. The molecule has 1 fully saturated rings. The predicted molar refractivity (Wildman–Crippen MR) is 83.9 cm³/mol. The van der Waals surface area contributed by atoms with Crippen LogP contribution in [0.4, 0.5) is 5.69 Å². The van der Waals surface area contributed by atoms with E-state index in [1.54, 1.807) is 12.1 Å². The second-order valence-corrected chi connectivity index (χ2v) is 6.04. The van der Waals surface area contributed by atoms with Crippen LogP contribution in [0.5, 0.6) is 0 Å². The van der Waals surface area contributed by atoms with Gasteiger partial charge in [0.2, 0.25) is 0 Å². The van der Waals surface area contributed by atoms with Crippen LogP contribution < -0.4 is 5.32 Å². The van der Waals surface area contributed by atoms with Gasteiger partial charge in [-0.25, -0.2) is 0 Å². The van der Waals surface area contributed by atoms with Crippen molar-refractivity contribution in [2.45, 2.75) is 0 Å². The molecule has 1 saturated heterocycles. The lowest BCUT2D eigenvalue weighted by molar-refractivity contribution is 0.158. The lowest BCUT2D eigenvalue weighted by Crippen LogP contribution is -2.45. The summed E-state index contributed by atoms with van der Waals surface area (Å²) in [5, 5.41) is 4.92. The van der Waals surface area contributed by atoms with Crippen LogP contribution in [0.25, 0.3) is 0 Å². The lowest BCUT2D eigenvalue weighted by atomic mass is 10.3. The fraction of sp³-hybridized carbons (Fsp3) is 0.538. The molecule has 1 N–H and O–H groups in total. The highest BCUT2D eigenvalue weighted by Gasteiger charge is 2.13. The van der Waals surface area contributed by atoms with Gasteiger partial charge in [-0.05, 0) is 19.2 Å². The highest BCUT2D eigenvalue weighted by atomic mass is 35.5. The Morgan fingerprint density at radius 3 is 2.32 bits per heavy atom. The van der Waals surface area contributed by atoms with E-state index in [4.69, 9.17) is 34.8 Å². The van der Waals surface area contributed by atoms with Crippen molar-refractivity contribution in [1.29, 1.82) is 0 Å². The number of benzene rings is 1. The second kappa shape index (κ2) is 7.00. The Bertz CT molecular complexity index is 431. The molecule has 3 nitrogen and oxygen atoms in total. The third-order valence-corrected chi connectivity index (χ3v) is 4.38. The zero-order chi connectivity index (χ0) is 13.8. The first kappa shape index (κ1) is 15.2. The number of likely N-dealkylation sites (N-methyl/N-ethyl adjacent to an activating group) is 1. The van der Waals surface area contributed by atoms with Gasteiger partial charge in [0.25, 0.3) is 0 Å². The zero-order valence-corrected chi connectivity index (χ0v) is 13.2. The Balaban J connectivity index is 1.81. The van der Waals surface area contributed by atoms with Crippen LogP contribution in [0.1, 0.15) is 0 Å². The molecule has 1 aliphatic rings. The summed E-state index contributed by atoms with van der Waals surface area (Å²) in [6.45, 7) is 6.35. The normalized spacial score (nSPS) is 17.7. The first-order valence-corrected chi connectivity index (χ1v) is 7.49. The van der Waals surface area contributed by atoms with Gasteiger partial charge < -0.3 is 10.2 Å². The minimum atomic E-state index is 0.483. The Hall–Kier alpha value is -0.190. The summed E-state index contributed by atoms with van der Waals surface area (Å²) in [5.74, 6) is 0. The van der Waals surface area contributed by atoms with Gasteiger partial charge in [0.15, 0.2) is 0 Å². The number of nitrogens with one attached hydrogen (secondary N) is 1. The molecule has 0 radical (unpaired) electrons. The minimum Gasteiger partial charge on any atom is -0.383 e. The molecule has 0 amide bonds. The Kier molecular flexibility index (Phi) is 5.60. The molecule has 19 heavy (non-hydrogen) atoms. The summed E-state index contributed by atoms with van der Waals surface area (Å²) in [5.41, 5.74) is 0.838. The third-order valence-electron chi connectivity index (χ3n) is 3.35. The summed E-state index contributed by atoms with van der Waals surface area (Å²) in [4.78, 5) is 4.79. The number of hydrogen-bond acceptors (Lipinski definition) is 3. The van der Waals surface area contributed by atoms with E-state index in [0.29, 0.717) is 15.1 Å². The van der Waals surface area contributed by atoms with Gasteiger partial charge >= 0.3 is 0 Å². The van der Waals surface area contributed by atoms with Crippen LogP contribution in [0, 0.1) is 0 Å². The van der Waals surface area contributed by atoms with Gasteiger partial charge in [-0.1, -0.05) is 34.8 Å². The molecular weight excluding hydrogens is 305 g/mol. The SMILES string of the molecule is CN1CCN(CCNc2cc(Cl)c(Cl)cc2Cl)CC1. The summed E-state index contributed by atoms with van der Waals surface area (Å²) in [6, 6.07) is 3.44. The number of piperazine rings is 1. The molecule has 2 rings (SSSR count). The molecule has 6 heteroatoms. The minimum absolute atomic E-state index is 0.483. The average molecular weight is 323 g/mol. The van der Waals surface area contributed by atoms with Gasteiger partial charge in [0, 0.05) is 39.3 Å². The van der Waals surface area contributed by atoms with E-state index in [2.05, 4.69) is 22.2 Å². The predicted octanol–water partition coefficient (Wildman–Crippen LogP) is 3.31. The largest absolute Gasteiger partial charge is 0.383 e. The van der Waals surface area contributed by atoms with Crippen LogP contribution >= 0.6 is 34.8 Å². The first-order valence-electron chi connectivity index (χ1n) is 6.35. The van der Waals surface area contributed by atoms with Gasteiger partial charge in [-0.3, -0.25) is 4.90 Å². The Morgan fingerprint density at radius 1 is 1.00 bits per heavy atom. The van der Waals surface area contributed by atoms with Crippen molar-refractivity contribution in [2.75, 3.05) is 51.6 Å². The summed E-state index contributed by atoms with van der Waals surface area (Å²) < 4.78 is 0. The zero-order valence-electron chi connectivity index (χ0n) is 10.9. The smallest absolute Gasteiger partial charge is 0.0653 e.